The van der Waals surface area contributed by atoms with Gasteiger partial charge in [-0.1, -0.05) is 11.3 Å². The van der Waals surface area contributed by atoms with E-state index < -0.39 is 0 Å². The third-order valence-electron chi connectivity index (χ3n) is 5.39. The molecule has 0 saturated carbocycles. The molecule has 28 heavy (non-hydrogen) atoms. The number of pyridine rings is 1. The van der Waals surface area contributed by atoms with E-state index in [0.29, 0.717) is 11.6 Å². The summed E-state index contributed by atoms with van der Waals surface area (Å²) in [6.45, 7) is 2.10. The summed E-state index contributed by atoms with van der Waals surface area (Å²) in [5.74, 6) is -0.328. The highest BCUT2D eigenvalue weighted by atomic mass is 32.1. The number of thiazole rings is 1. The van der Waals surface area contributed by atoms with E-state index in [0.717, 1.165) is 57.9 Å². The molecule has 3 aromatic heterocycles. The number of piperidine rings is 1. The van der Waals surface area contributed by atoms with Crippen LogP contribution in [0.3, 0.4) is 0 Å². The molecule has 1 N–H and O–H groups in total. The Balaban J connectivity index is 1.51. The smallest absolute Gasteiger partial charge is 0.186 e. The van der Waals surface area contributed by atoms with Crippen molar-refractivity contribution in [2.75, 3.05) is 25.0 Å². The van der Waals surface area contributed by atoms with Gasteiger partial charge in [0, 0.05) is 37.3 Å². The summed E-state index contributed by atoms with van der Waals surface area (Å²) in [6.07, 6.45) is 5.85. The number of aromatic nitrogens is 4. The van der Waals surface area contributed by atoms with Crippen molar-refractivity contribution in [1.82, 2.24) is 25.1 Å². The molecule has 1 fully saturated rings. The molecule has 1 aliphatic heterocycles. The summed E-state index contributed by atoms with van der Waals surface area (Å²) in [5.41, 5.74) is 2.77. The number of aryl methyl sites for hydroxylation is 1. The van der Waals surface area contributed by atoms with Gasteiger partial charge in [-0.15, -0.1) is 0 Å². The number of anilines is 1. The summed E-state index contributed by atoms with van der Waals surface area (Å²) in [5, 5.41) is 9.35. The maximum Gasteiger partial charge on any atom is 0.186 e. The number of halogens is 1. The van der Waals surface area contributed by atoms with Crippen LogP contribution >= 0.6 is 11.3 Å². The van der Waals surface area contributed by atoms with E-state index in [-0.39, 0.29) is 5.82 Å². The van der Waals surface area contributed by atoms with Gasteiger partial charge in [0.05, 0.1) is 16.6 Å². The molecule has 144 valence electrons. The summed E-state index contributed by atoms with van der Waals surface area (Å²) in [7, 11) is 3.91. The van der Waals surface area contributed by atoms with Gasteiger partial charge in [0.1, 0.15) is 11.0 Å². The third-order valence-corrected chi connectivity index (χ3v) is 6.50. The normalized spacial score (nSPS) is 15.5. The predicted octanol–water partition coefficient (Wildman–Crippen LogP) is 3.57. The Hall–Kier alpha value is -2.58. The molecule has 1 aromatic carbocycles. The summed E-state index contributed by atoms with van der Waals surface area (Å²) < 4.78 is 17.1. The number of benzene rings is 1. The monoisotopic (exact) mass is 396 g/mol. The van der Waals surface area contributed by atoms with Gasteiger partial charge < -0.3 is 10.2 Å². The number of nitrogens with zero attached hydrogens (tertiary/aromatic N) is 5. The fraction of sp³-hybridized carbons (Fsp3) is 0.350. The van der Waals surface area contributed by atoms with E-state index in [1.165, 1.54) is 6.07 Å². The molecule has 1 saturated heterocycles. The Morgan fingerprint density at radius 2 is 2.07 bits per heavy atom. The van der Waals surface area contributed by atoms with Crippen LogP contribution in [0, 0.1) is 5.82 Å². The molecule has 0 atom stereocenters. The molecule has 1 aliphatic rings. The maximum absolute atomic E-state index is 14.5. The minimum atomic E-state index is -0.328. The highest BCUT2D eigenvalue weighted by molar-refractivity contribution is 7.22. The van der Waals surface area contributed by atoms with Crippen LogP contribution in [-0.4, -0.2) is 45.9 Å². The lowest BCUT2D eigenvalue weighted by molar-refractivity contribution is 0.443. The van der Waals surface area contributed by atoms with E-state index in [4.69, 9.17) is 4.98 Å². The first-order chi connectivity index (χ1) is 13.6. The van der Waals surface area contributed by atoms with E-state index in [2.05, 4.69) is 27.3 Å². The first-order valence-electron chi connectivity index (χ1n) is 9.42. The molecule has 0 amide bonds. The van der Waals surface area contributed by atoms with Crippen molar-refractivity contribution in [1.29, 1.82) is 0 Å². The van der Waals surface area contributed by atoms with Crippen LogP contribution in [0.15, 0.2) is 30.6 Å². The minimum absolute atomic E-state index is 0.328. The van der Waals surface area contributed by atoms with E-state index >= 15 is 0 Å². The van der Waals surface area contributed by atoms with Crippen molar-refractivity contribution in [3.05, 3.63) is 36.4 Å². The van der Waals surface area contributed by atoms with Crippen molar-refractivity contribution in [3.8, 4) is 11.3 Å². The highest BCUT2D eigenvalue weighted by Crippen LogP contribution is 2.33. The predicted molar refractivity (Wildman–Crippen MR) is 111 cm³/mol. The zero-order chi connectivity index (χ0) is 19.3. The van der Waals surface area contributed by atoms with E-state index in [9.17, 15) is 4.39 Å². The van der Waals surface area contributed by atoms with Gasteiger partial charge in [0.2, 0.25) is 0 Å². The Kier molecular flexibility index (Phi) is 4.25. The first kappa shape index (κ1) is 17.5. The fourth-order valence-corrected chi connectivity index (χ4v) is 4.85. The molecule has 0 spiro atoms. The second-order valence-corrected chi connectivity index (χ2v) is 8.33. The Morgan fingerprint density at radius 3 is 2.89 bits per heavy atom. The van der Waals surface area contributed by atoms with Gasteiger partial charge >= 0.3 is 0 Å². The lowest BCUT2D eigenvalue weighted by Gasteiger charge is -2.31. The minimum Gasteiger partial charge on any atom is -0.348 e. The van der Waals surface area contributed by atoms with Crippen molar-refractivity contribution in [2.45, 2.75) is 18.9 Å². The Labute approximate surface area is 166 Å². The number of rotatable bonds is 3. The van der Waals surface area contributed by atoms with Crippen LogP contribution in [0.25, 0.3) is 32.4 Å². The number of hydrogen-bond acceptors (Lipinski definition) is 6. The molecule has 5 rings (SSSR count). The number of hydrogen-bond donors (Lipinski definition) is 1. The second kappa shape index (κ2) is 6.79. The topological polar surface area (TPSA) is 58.9 Å². The van der Waals surface area contributed by atoms with Crippen molar-refractivity contribution in [3.63, 3.8) is 0 Å². The summed E-state index contributed by atoms with van der Waals surface area (Å²) in [6, 6.07) is 5.95. The molecule has 4 heterocycles. The van der Waals surface area contributed by atoms with Gasteiger partial charge in [-0.05, 0) is 44.1 Å². The number of fused-ring (bicyclic) bond motifs is 2. The quantitative estimate of drug-likeness (QED) is 0.574. The molecule has 0 radical (unpaired) electrons. The van der Waals surface area contributed by atoms with Crippen LogP contribution in [0.5, 0.6) is 0 Å². The Morgan fingerprint density at radius 1 is 1.25 bits per heavy atom. The molecule has 4 aromatic rings. The zero-order valence-corrected chi connectivity index (χ0v) is 16.6. The third kappa shape index (κ3) is 3.02. The fourth-order valence-electron chi connectivity index (χ4n) is 3.84. The van der Waals surface area contributed by atoms with Crippen LogP contribution in [0.1, 0.15) is 12.8 Å². The molecular weight excluding hydrogens is 375 g/mol. The largest absolute Gasteiger partial charge is 0.348 e. The summed E-state index contributed by atoms with van der Waals surface area (Å²) in [4.78, 5) is 11.6. The Bertz CT molecular complexity index is 1160. The van der Waals surface area contributed by atoms with Crippen LogP contribution in [-0.2, 0) is 7.05 Å². The van der Waals surface area contributed by atoms with Gasteiger partial charge in [-0.2, -0.15) is 5.10 Å². The average Bonchev–Trinajstić information content (AvgIpc) is 3.30. The van der Waals surface area contributed by atoms with Crippen molar-refractivity contribution in [2.24, 2.45) is 7.05 Å². The van der Waals surface area contributed by atoms with Crippen LogP contribution in [0.2, 0.25) is 0 Å². The zero-order valence-electron chi connectivity index (χ0n) is 15.8. The SMILES string of the molecule is CN(c1nc2cnc(-c3cc(F)c4nn(C)cc4c3)cc2s1)C1CCNCC1. The number of nitrogens with one attached hydrogen (secondary N) is 1. The van der Waals surface area contributed by atoms with Gasteiger partial charge in [-0.3, -0.25) is 9.67 Å². The lowest BCUT2D eigenvalue weighted by atomic mass is 10.1. The molecule has 0 aliphatic carbocycles. The molecular formula is C20H21FN6S. The van der Waals surface area contributed by atoms with Crippen LogP contribution in [0.4, 0.5) is 9.52 Å². The average molecular weight is 396 g/mol. The van der Waals surface area contributed by atoms with Crippen LogP contribution < -0.4 is 10.2 Å². The first-order valence-corrected chi connectivity index (χ1v) is 10.2. The second-order valence-electron chi connectivity index (χ2n) is 7.32. The molecule has 0 unspecified atom stereocenters. The van der Waals surface area contributed by atoms with Gasteiger partial charge in [0.25, 0.3) is 0 Å². The van der Waals surface area contributed by atoms with Crippen molar-refractivity contribution < 1.29 is 4.39 Å². The molecule has 6 nitrogen and oxygen atoms in total. The molecule has 0 bridgehead atoms. The van der Waals surface area contributed by atoms with E-state index in [1.807, 2.05) is 18.3 Å². The van der Waals surface area contributed by atoms with Gasteiger partial charge in [-0.25, -0.2) is 9.37 Å². The lowest BCUT2D eigenvalue weighted by Crippen LogP contribution is -2.41. The summed E-state index contributed by atoms with van der Waals surface area (Å²) >= 11 is 1.66. The standard InChI is InChI=1S/C20H21FN6S/c1-26-11-13-7-12(8-15(21)19(13)25-26)16-9-18-17(10-23-16)24-20(28-18)27(2)14-3-5-22-6-4-14/h7-11,14,22H,3-6H2,1-2H3. The van der Waals surface area contributed by atoms with E-state index in [1.54, 1.807) is 29.3 Å². The molecule has 8 heteroatoms. The van der Waals surface area contributed by atoms with Gasteiger partial charge in [0.15, 0.2) is 10.9 Å². The maximum atomic E-state index is 14.5. The van der Waals surface area contributed by atoms with Crippen molar-refractivity contribution >= 4 is 37.6 Å². The highest BCUT2D eigenvalue weighted by Gasteiger charge is 2.21.